The zero-order chi connectivity index (χ0) is 6.69. The molecule has 0 aromatic heterocycles. The van der Waals surface area contributed by atoms with Crippen LogP contribution in [0.15, 0.2) is 36.5 Å². The fraction of sp³-hybridized carbons (Fsp3) is 0.125. The van der Waals surface area contributed by atoms with Crippen LogP contribution in [0.2, 0.25) is 0 Å². The van der Waals surface area contributed by atoms with Crippen LogP contribution in [0.3, 0.4) is 0 Å². The minimum atomic E-state index is 0.160. The van der Waals surface area contributed by atoms with Crippen LogP contribution in [0.5, 0.6) is 0 Å². The summed E-state index contributed by atoms with van der Waals surface area (Å²) in [6.07, 6.45) is 7.45. The maximum absolute atomic E-state index is 10.7. The van der Waals surface area contributed by atoms with Gasteiger partial charge in [0.25, 0.3) is 0 Å². The van der Waals surface area contributed by atoms with Crippen LogP contribution in [0.1, 0.15) is 6.42 Å². The fourth-order valence-electron chi connectivity index (χ4n) is 0.738. The number of hydrogen-bond donors (Lipinski definition) is 0. The van der Waals surface area contributed by atoms with Crippen LogP contribution >= 0.6 is 0 Å². The fourth-order valence-corrected chi connectivity index (χ4v) is 0.738. The van der Waals surface area contributed by atoms with E-state index in [-0.39, 0.29) is 5.78 Å². The number of carbonyl (C=O) groups excluding carboxylic acids is 1. The summed E-state index contributed by atoms with van der Waals surface area (Å²) in [5.74, 6) is 0.160. The first kappa shape index (κ1) is 6.02. The summed E-state index contributed by atoms with van der Waals surface area (Å²) in [6.45, 7) is 3.56. The highest BCUT2D eigenvalue weighted by Crippen LogP contribution is 2.08. The van der Waals surface area contributed by atoms with Gasteiger partial charge in [-0.2, -0.15) is 0 Å². The van der Waals surface area contributed by atoms with Crippen LogP contribution in [0.25, 0.3) is 0 Å². The Morgan fingerprint density at radius 2 is 2.44 bits per heavy atom. The summed E-state index contributed by atoms with van der Waals surface area (Å²) in [5.41, 5.74) is 1.00. The highest BCUT2D eigenvalue weighted by Gasteiger charge is 2.01. The summed E-state index contributed by atoms with van der Waals surface area (Å²) < 4.78 is 0. The average Bonchev–Trinajstić information content (AvgIpc) is 1.88. The zero-order valence-electron chi connectivity index (χ0n) is 5.13. The van der Waals surface area contributed by atoms with Gasteiger partial charge in [0.1, 0.15) is 0 Å². The Hall–Kier alpha value is -1.11. The van der Waals surface area contributed by atoms with Crippen molar-refractivity contribution < 1.29 is 4.79 Å². The van der Waals surface area contributed by atoms with Gasteiger partial charge in [-0.1, -0.05) is 24.8 Å². The van der Waals surface area contributed by atoms with Crippen molar-refractivity contribution in [2.45, 2.75) is 6.42 Å². The molecule has 9 heavy (non-hydrogen) atoms. The number of ketones is 1. The van der Waals surface area contributed by atoms with Gasteiger partial charge in [0, 0.05) is 6.42 Å². The van der Waals surface area contributed by atoms with E-state index in [1.54, 1.807) is 18.2 Å². The van der Waals surface area contributed by atoms with Gasteiger partial charge in [0.15, 0.2) is 5.78 Å². The molecule has 1 heteroatoms. The molecule has 0 unspecified atom stereocenters. The molecule has 1 aliphatic carbocycles. The van der Waals surface area contributed by atoms with Crippen molar-refractivity contribution in [2.75, 3.05) is 0 Å². The summed E-state index contributed by atoms with van der Waals surface area (Å²) in [7, 11) is 0. The van der Waals surface area contributed by atoms with E-state index in [1.165, 1.54) is 0 Å². The Morgan fingerprint density at radius 1 is 1.67 bits per heavy atom. The maximum atomic E-state index is 10.7. The first-order chi connectivity index (χ1) is 4.33. The molecule has 0 aromatic carbocycles. The van der Waals surface area contributed by atoms with Crippen LogP contribution in [0, 0.1) is 0 Å². The van der Waals surface area contributed by atoms with Crippen molar-refractivity contribution in [1.29, 1.82) is 0 Å². The van der Waals surface area contributed by atoms with Gasteiger partial charge in [-0.25, -0.2) is 0 Å². The third-order valence-corrected chi connectivity index (χ3v) is 1.23. The molecule has 0 radical (unpaired) electrons. The van der Waals surface area contributed by atoms with Crippen molar-refractivity contribution in [3.05, 3.63) is 36.5 Å². The maximum Gasteiger partial charge on any atom is 0.160 e. The van der Waals surface area contributed by atoms with Gasteiger partial charge in [-0.05, 0) is 11.6 Å². The summed E-state index contributed by atoms with van der Waals surface area (Å²) in [6, 6.07) is 0. The minimum Gasteiger partial charge on any atom is -0.294 e. The molecule has 0 saturated carbocycles. The summed E-state index contributed by atoms with van der Waals surface area (Å²) in [4.78, 5) is 10.7. The highest BCUT2D eigenvalue weighted by atomic mass is 16.1. The van der Waals surface area contributed by atoms with E-state index < -0.39 is 0 Å². The van der Waals surface area contributed by atoms with Gasteiger partial charge >= 0.3 is 0 Å². The van der Waals surface area contributed by atoms with E-state index in [0.29, 0.717) is 6.42 Å². The number of rotatable bonds is 1. The summed E-state index contributed by atoms with van der Waals surface area (Å²) in [5, 5.41) is 0. The van der Waals surface area contributed by atoms with Crippen molar-refractivity contribution in [3.63, 3.8) is 0 Å². The minimum absolute atomic E-state index is 0.160. The lowest BCUT2D eigenvalue weighted by Crippen LogP contribution is -1.96. The molecule has 46 valence electrons. The molecular formula is C8H8O. The Labute approximate surface area is 54.4 Å². The van der Waals surface area contributed by atoms with Crippen LogP contribution in [-0.2, 0) is 4.79 Å². The molecule has 0 aliphatic heterocycles. The predicted octanol–water partition coefficient (Wildman–Crippen LogP) is 1.63. The third-order valence-electron chi connectivity index (χ3n) is 1.23. The second-order valence-electron chi connectivity index (χ2n) is 1.95. The SMILES string of the molecule is C=CC1=CC=CC(=O)C1. The first-order valence-corrected chi connectivity index (χ1v) is 2.85. The Bertz CT molecular complexity index is 197. The average molecular weight is 120 g/mol. The molecule has 1 aliphatic rings. The molecule has 0 bridgehead atoms. The molecule has 1 rings (SSSR count). The molecule has 0 N–H and O–H groups in total. The van der Waals surface area contributed by atoms with Crippen LogP contribution in [0.4, 0.5) is 0 Å². The summed E-state index contributed by atoms with van der Waals surface area (Å²) >= 11 is 0. The molecular weight excluding hydrogens is 112 g/mol. The monoisotopic (exact) mass is 120 g/mol. The molecule has 1 nitrogen and oxygen atoms in total. The number of carbonyl (C=O) groups is 1. The van der Waals surface area contributed by atoms with Gasteiger partial charge < -0.3 is 0 Å². The topological polar surface area (TPSA) is 17.1 Å². The molecule has 0 saturated heterocycles. The van der Waals surface area contributed by atoms with E-state index in [0.717, 1.165) is 5.57 Å². The van der Waals surface area contributed by atoms with E-state index in [2.05, 4.69) is 6.58 Å². The van der Waals surface area contributed by atoms with Gasteiger partial charge in [0.2, 0.25) is 0 Å². The van der Waals surface area contributed by atoms with E-state index >= 15 is 0 Å². The lowest BCUT2D eigenvalue weighted by atomic mass is 10.0. The van der Waals surface area contributed by atoms with Gasteiger partial charge in [-0.15, -0.1) is 0 Å². The van der Waals surface area contributed by atoms with Crippen molar-refractivity contribution >= 4 is 5.78 Å². The first-order valence-electron chi connectivity index (χ1n) is 2.85. The van der Waals surface area contributed by atoms with Gasteiger partial charge in [0.05, 0.1) is 0 Å². The standard InChI is InChI=1S/C8H8O/c1-2-7-4-3-5-8(9)6-7/h2-5H,1,6H2. The lowest BCUT2D eigenvalue weighted by molar-refractivity contribution is -0.114. The van der Waals surface area contributed by atoms with Crippen molar-refractivity contribution in [2.24, 2.45) is 0 Å². The Balaban J connectivity index is 2.76. The normalized spacial score (nSPS) is 17.3. The lowest BCUT2D eigenvalue weighted by Gasteiger charge is -1.99. The molecule has 0 fully saturated rings. The largest absolute Gasteiger partial charge is 0.294 e. The predicted molar refractivity (Wildman–Crippen MR) is 37.0 cm³/mol. The molecule has 0 spiro atoms. The molecule has 0 atom stereocenters. The molecule has 0 aromatic rings. The van der Waals surface area contributed by atoms with E-state index in [1.807, 2.05) is 6.08 Å². The quantitative estimate of drug-likeness (QED) is 0.514. The van der Waals surface area contributed by atoms with Crippen LogP contribution < -0.4 is 0 Å². The van der Waals surface area contributed by atoms with Gasteiger partial charge in [-0.3, -0.25) is 4.79 Å². The van der Waals surface area contributed by atoms with Crippen molar-refractivity contribution in [1.82, 2.24) is 0 Å². The number of hydrogen-bond acceptors (Lipinski definition) is 1. The smallest absolute Gasteiger partial charge is 0.160 e. The second-order valence-corrected chi connectivity index (χ2v) is 1.95. The third kappa shape index (κ3) is 1.39. The van der Waals surface area contributed by atoms with Crippen LogP contribution in [-0.4, -0.2) is 5.78 Å². The Kier molecular flexibility index (Phi) is 1.63. The molecule has 0 amide bonds. The zero-order valence-corrected chi connectivity index (χ0v) is 5.13. The van der Waals surface area contributed by atoms with Crippen molar-refractivity contribution in [3.8, 4) is 0 Å². The van der Waals surface area contributed by atoms with E-state index in [4.69, 9.17) is 0 Å². The van der Waals surface area contributed by atoms with E-state index in [9.17, 15) is 4.79 Å². The second kappa shape index (κ2) is 2.44. The highest BCUT2D eigenvalue weighted by molar-refractivity contribution is 5.93. The molecule has 0 heterocycles. The number of allylic oxidation sites excluding steroid dienone is 5. The Morgan fingerprint density at radius 3 is 2.89 bits per heavy atom.